The van der Waals surface area contributed by atoms with Gasteiger partial charge in [0.15, 0.2) is 0 Å². The summed E-state index contributed by atoms with van der Waals surface area (Å²) in [7, 11) is -5.67. The summed E-state index contributed by atoms with van der Waals surface area (Å²) < 4.78 is 61.5. The lowest BCUT2D eigenvalue weighted by Gasteiger charge is -2.36. The van der Waals surface area contributed by atoms with E-state index in [1.165, 1.54) is 0 Å². The van der Waals surface area contributed by atoms with Crippen molar-refractivity contribution in [1.82, 2.24) is 4.90 Å². The number of nitrogens with zero attached hydrogens (tertiary/aromatic N) is 3. The molecule has 0 atom stereocenters. The average molecular weight is 449 g/mol. The maximum Gasteiger partial charge on any atom is 0.501 e. The summed E-state index contributed by atoms with van der Waals surface area (Å²) in [6.45, 7) is 2.23. The molecule has 2 fully saturated rings. The maximum atomic E-state index is 12.8. The molecule has 30 heavy (non-hydrogen) atoms. The summed E-state index contributed by atoms with van der Waals surface area (Å²) in [4.78, 5) is 24.9. The summed E-state index contributed by atoms with van der Waals surface area (Å²) in [6, 6.07) is 2.28. The first kappa shape index (κ1) is 22.3. The van der Waals surface area contributed by atoms with E-state index in [2.05, 4.69) is 0 Å². The van der Waals surface area contributed by atoms with Crippen LogP contribution in [0.2, 0.25) is 0 Å². The Labute approximate surface area is 171 Å². The first-order valence-corrected chi connectivity index (χ1v) is 11.1. The number of carbonyl (C=O) groups excluding carboxylic acids is 1. The minimum absolute atomic E-state index is 0.0913. The Kier molecular flexibility index (Phi) is 6.25. The Morgan fingerprint density at radius 3 is 2.37 bits per heavy atom. The smallest absolute Gasteiger partial charge is 0.366 e. The van der Waals surface area contributed by atoms with Crippen molar-refractivity contribution < 1.29 is 31.3 Å². The fraction of sp³-hybridized carbons (Fsp3) is 0.611. The molecule has 0 aliphatic carbocycles. The van der Waals surface area contributed by atoms with E-state index >= 15 is 0 Å². The monoisotopic (exact) mass is 449 g/mol. The number of carbonyl (C=O) groups is 1. The standard InChI is InChI=1S/C18H22F3N3O5S/c19-18(20,21)30(28,29)14-4-5-15(16(11-14)24(26)27)22-9-6-13(7-10-22)12-23-8-2-1-3-17(23)25/h4-5,11,13H,1-3,6-10,12H2. The Bertz CT molecular complexity index is 927. The number of likely N-dealkylation sites (tertiary alicyclic amines) is 1. The minimum atomic E-state index is -5.67. The number of benzene rings is 1. The summed E-state index contributed by atoms with van der Waals surface area (Å²) >= 11 is 0. The second-order valence-electron chi connectivity index (χ2n) is 7.58. The number of nitro benzene ring substituents is 1. The highest BCUT2D eigenvalue weighted by molar-refractivity contribution is 7.92. The zero-order chi connectivity index (χ0) is 22.1. The fourth-order valence-corrected chi connectivity index (χ4v) is 4.72. The van der Waals surface area contributed by atoms with Crippen molar-refractivity contribution in [3.05, 3.63) is 28.3 Å². The van der Waals surface area contributed by atoms with Gasteiger partial charge in [-0.1, -0.05) is 0 Å². The molecule has 0 saturated carbocycles. The number of halogens is 3. The van der Waals surface area contributed by atoms with Crippen molar-refractivity contribution in [1.29, 1.82) is 0 Å². The van der Waals surface area contributed by atoms with E-state index in [9.17, 15) is 36.5 Å². The highest BCUT2D eigenvalue weighted by Gasteiger charge is 2.47. The first-order valence-electron chi connectivity index (χ1n) is 9.63. The van der Waals surface area contributed by atoms with Crippen molar-refractivity contribution in [2.45, 2.75) is 42.5 Å². The summed E-state index contributed by atoms with van der Waals surface area (Å²) in [5.41, 5.74) is -6.12. The number of nitro groups is 1. The lowest BCUT2D eigenvalue weighted by atomic mass is 9.94. The molecule has 1 amide bonds. The van der Waals surface area contributed by atoms with Crippen LogP contribution in [-0.2, 0) is 14.6 Å². The van der Waals surface area contributed by atoms with Crippen LogP contribution in [0.5, 0.6) is 0 Å². The minimum Gasteiger partial charge on any atom is -0.366 e. The number of hydrogen-bond donors (Lipinski definition) is 0. The number of rotatable bonds is 5. The summed E-state index contributed by atoms with van der Waals surface area (Å²) in [5.74, 6) is 0.382. The van der Waals surface area contributed by atoms with Gasteiger partial charge >= 0.3 is 5.51 Å². The highest BCUT2D eigenvalue weighted by atomic mass is 32.2. The number of alkyl halides is 3. The third-order valence-electron chi connectivity index (χ3n) is 5.61. The van der Waals surface area contributed by atoms with E-state index in [-0.39, 0.29) is 17.5 Å². The largest absolute Gasteiger partial charge is 0.501 e. The average Bonchev–Trinajstić information content (AvgIpc) is 2.69. The third-order valence-corrected chi connectivity index (χ3v) is 7.10. The van der Waals surface area contributed by atoms with E-state index < -0.39 is 30.9 Å². The van der Waals surface area contributed by atoms with Crippen molar-refractivity contribution in [2.24, 2.45) is 5.92 Å². The fourth-order valence-electron chi connectivity index (χ4n) is 3.94. The van der Waals surface area contributed by atoms with Crippen LogP contribution in [0.25, 0.3) is 0 Å². The van der Waals surface area contributed by atoms with E-state index in [0.29, 0.717) is 45.0 Å². The lowest BCUT2D eigenvalue weighted by Crippen LogP contribution is -2.42. The Hall–Kier alpha value is -2.37. The van der Waals surface area contributed by atoms with Gasteiger partial charge in [-0.25, -0.2) is 8.42 Å². The van der Waals surface area contributed by atoms with Crippen molar-refractivity contribution in [3.8, 4) is 0 Å². The van der Waals surface area contributed by atoms with E-state index in [1.807, 2.05) is 4.90 Å². The molecule has 3 rings (SSSR count). The van der Waals surface area contributed by atoms with Crippen LogP contribution < -0.4 is 4.90 Å². The van der Waals surface area contributed by atoms with Crippen LogP contribution in [0, 0.1) is 16.0 Å². The number of anilines is 1. The number of sulfone groups is 1. The summed E-state index contributed by atoms with van der Waals surface area (Å²) in [5, 5.41) is 11.4. The quantitative estimate of drug-likeness (QED) is 0.506. The van der Waals surface area contributed by atoms with E-state index in [4.69, 9.17) is 0 Å². The molecule has 2 aliphatic heterocycles. The number of piperidine rings is 2. The van der Waals surface area contributed by atoms with Gasteiger partial charge in [0.1, 0.15) is 5.69 Å². The van der Waals surface area contributed by atoms with Gasteiger partial charge in [-0.3, -0.25) is 14.9 Å². The van der Waals surface area contributed by atoms with Crippen LogP contribution in [0.1, 0.15) is 32.1 Å². The lowest BCUT2D eigenvalue weighted by molar-refractivity contribution is -0.384. The molecule has 1 aromatic rings. The third kappa shape index (κ3) is 4.52. The number of amides is 1. The predicted octanol–water partition coefficient (Wildman–Crippen LogP) is 3.12. The molecular formula is C18H22F3N3O5S. The molecule has 12 heteroatoms. The normalized spacial score (nSPS) is 19.2. The zero-order valence-corrected chi connectivity index (χ0v) is 16.9. The molecule has 0 radical (unpaired) electrons. The van der Waals surface area contributed by atoms with Crippen molar-refractivity contribution in [2.75, 3.05) is 31.1 Å². The van der Waals surface area contributed by atoms with Gasteiger partial charge in [0.2, 0.25) is 5.91 Å². The van der Waals surface area contributed by atoms with Gasteiger partial charge in [0, 0.05) is 38.7 Å². The molecule has 0 spiro atoms. The molecule has 8 nitrogen and oxygen atoms in total. The molecule has 2 aliphatic rings. The molecule has 2 heterocycles. The zero-order valence-electron chi connectivity index (χ0n) is 16.1. The second-order valence-corrected chi connectivity index (χ2v) is 9.53. The topological polar surface area (TPSA) is 101 Å². The van der Waals surface area contributed by atoms with Gasteiger partial charge in [-0.2, -0.15) is 13.2 Å². The maximum absolute atomic E-state index is 12.8. The molecule has 2 saturated heterocycles. The van der Waals surface area contributed by atoms with Crippen LogP contribution in [0.15, 0.2) is 23.1 Å². The van der Waals surface area contributed by atoms with Gasteiger partial charge in [-0.15, -0.1) is 0 Å². The first-order chi connectivity index (χ1) is 14.0. The molecule has 0 bridgehead atoms. The van der Waals surface area contributed by atoms with Crippen LogP contribution in [-0.4, -0.2) is 55.8 Å². The molecule has 0 N–H and O–H groups in total. The van der Waals surface area contributed by atoms with Gasteiger partial charge in [0.05, 0.1) is 9.82 Å². The molecule has 0 aromatic heterocycles. The Morgan fingerprint density at radius 2 is 1.80 bits per heavy atom. The number of hydrogen-bond acceptors (Lipinski definition) is 6. The van der Waals surface area contributed by atoms with Crippen LogP contribution in [0.4, 0.5) is 24.5 Å². The van der Waals surface area contributed by atoms with Crippen molar-refractivity contribution in [3.63, 3.8) is 0 Å². The van der Waals surface area contributed by atoms with E-state index in [0.717, 1.165) is 31.5 Å². The summed E-state index contributed by atoms with van der Waals surface area (Å²) in [6.07, 6.45) is 3.77. The van der Waals surface area contributed by atoms with Crippen LogP contribution in [0.3, 0.4) is 0 Å². The Balaban J connectivity index is 1.74. The van der Waals surface area contributed by atoms with Crippen molar-refractivity contribution >= 4 is 27.1 Å². The molecule has 1 aromatic carbocycles. The molecule has 166 valence electrons. The molecule has 0 unspecified atom stereocenters. The predicted molar refractivity (Wildman–Crippen MR) is 102 cm³/mol. The van der Waals surface area contributed by atoms with Gasteiger partial charge < -0.3 is 9.80 Å². The second kappa shape index (κ2) is 8.40. The van der Waals surface area contributed by atoms with Gasteiger partial charge in [-0.05, 0) is 43.7 Å². The van der Waals surface area contributed by atoms with E-state index in [1.54, 1.807) is 4.90 Å². The molecular weight excluding hydrogens is 427 g/mol. The Morgan fingerprint density at radius 1 is 1.13 bits per heavy atom. The van der Waals surface area contributed by atoms with Crippen LogP contribution >= 0.6 is 0 Å². The highest BCUT2D eigenvalue weighted by Crippen LogP contribution is 2.37. The SMILES string of the molecule is O=C1CCCCN1CC1CCN(c2ccc(S(=O)(=O)C(F)(F)F)cc2[N+](=O)[O-])CC1. The van der Waals surface area contributed by atoms with Gasteiger partial charge in [0.25, 0.3) is 15.5 Å².